The van der Waals surface area contributed by atoms with Gasteiger partial charge >= 0.3 is 5.97 Å². The summed E-state index contributed by atoms with van der Waals surface area (Å²) in [4.78, 5) is 26.2. The number of rotatable bonds is 5. The van der Waals surface area contributed by atoms with Gasteiger partial charge in [-0.25, -0.2) is 0 Å². The van der Waals surface area contributed by atoms with Crippen LogP contribution in [-0.2, 0) is 9.53 Å². The van der Waals surface area contributed by atoms with E-state index in [1.807, 2.05) is 31.2 Å². The van der Waals surface area contributed by atoms with Crippen LogP contribution in [-0.4, -0.2) is 23.3 Å². The van der Waals surface area contributed by atoms with Crippen LogP contribution in [0.5, 0.6) is 0 Å². The fourth-order valence-electron chi connectivity index (χ4n) is 1.80. The Labute approximate surface area is 105 Å². The van der Waals surface area contributed by atoms with Crippen molar-refractivity contribution in [2.24, 2.45) is 0 Å². The van der Waals surface area contributed by atoms with Crippen molar-refractivity contribution in [2.45, 2.75) is 19.8 Å². The molecule has 2 rings (SSSR count). The van der Waals surface area contributed by atoms with Gasteiger partial charge in [0.05, 0.1) is 0 Å². The van der Waals surface area contributed by atoms with E-state index < -0.39 is 0 Å². The van der Waals surface area contributed by atoms with Crippen molar-refractivity contribution >= 4 is 22.7 Å². The van der Waals surface area contributed by atoms with Crippen LogP contribution >= 0.6 is 0 Å². The van der Waals surface area contributed by atoms with Crippen molar-refractivity contribution in [2.75, 3.05) is 6.61 Å². The fourth-order valence-corrected chi connectivity index (χ4v) is 1.80. The van der Waals surface area contributed by atoms with Crippen molar-refractivity contribution in [1.82, 2.24) is 4.98 Å². The molecular formula is C14H15NO3. The van der Waals surface area contributed by atoms with Gasteiger partial charge in [-0.05, 0) is 12.5 Å². The predicted octanol–water partition coefficient (Wildman–Crippen LogP) is 2.69. The van der Waals surface area contributed by atoms with Crippen LogP contribution in [0.25, 0.3) is 10.9 Å². The number of Topliss-reactive ketones (excluding diaryl/α,β-unsaturated/α-hetero) is 1. The van der Waals surface area contributed by atoms with E-state index in [4.69, 9.17) is 4.74 Å². The third kappa shape index (κ3) is 2.59. The van der Waals surface area contributed by atoms with Crippen LogP contribution in [0, 0.1) is 0 Å². The summed E-state index contributed by atoms with van der Waals surface area (Å²) in [5, 5.41) is 0.856. The molecule has 0 spiro atoms. The molecule has 0 saturated heterocycles. The topological polar surface area (TPSA) is 59.2 Å². The smallest absolute Gasteiger partial charge is 0.306 e. The standard InChI is InChI=1S/C14H15NO3/c1-2-5-14(17)18-9-13(16)11-8-15-12-7-4-3-6-10(11)12/h3-4,6-8,15H,2,5,9H2,1H3. The van der Waals surface area contributed by atoms with Gasteiger partial charge in [0.25, 0.3) is 0 Å². The Hall–Kier alpha value is -2.10. The van der Waals surface area contributed by atoms with E-state index in [0.29, 0.717) is 12.0 Å². The Morgan fingerprint density at radius 1 is 1.28 bits per heavy atom. The number of esters is 1. The first kappa shape index (κ1) is 12.4. The Kier molecular flexibility index (Phi) is 3.77. The molecule has 4 nitrogen and oxygen atoms in total. The number of carbonyl (C=O) groups excluding carboxylic acids is 2. The first-order valence-electron chi connectivity index (χ1n) is 5.97. The fraction of sp³-hybridized carbons (Fsp3) is 0.286. The molecule has 0 aliphatic rings. The number of fused-ring (bicyclic) bond motifs is 1. The number of para-hydroxylation sites is 1. The quantitative estimate of drug-likeness (QED) is 0.650. The first-order valence-corrected chi connectivity index (χ1v) is 5.97. The minimum absolute atomic E-state index is 0.183. The minimum atomic E-state index is -0.328. The van der Waals surface area contributed by atoms with Gasteiger partial charge in [0.15, 0.2) is 6.61 Å². The largest absolute Gasteiger partial charge is 0.457 e. The van der Waals surface area contributed by atoms with E-state index >= 15 is 0 Å². The van der Waals surface area contributed by atoms with Gasteiger partial charge in [-0.1, -0.05) is 25.1 Å². The maximum Gasteiger partial charge on any atom is 0.306 e. The van der Waals surface area contributed by atoms with Crippen molar-refractivity contribution in [3.8, 4) is 0 Å². The Morgan fingerprint density at radius 2 is 2.06 bits per heavy atom. The molecule has 1 N–H and O–H groups in total. The number of carbonyl (C=O) groups is 2. The third-order valence-corrected chi connectivity index (χ3v) is 2.71. The molecule has 2 aromatic rings. The SMILES string of the molecule is CCCC(=O)OCC(=O)c1c[nH]c2ccccc12. The van der Waals surface area contributed by atoms with Crippen molar-refractivity contribution in [3.63, 3.8) is 0 Å². The number of benzene rings is 1. The summed E-state index contributed by atoms with van der Waals surface area (Å²) in [6.45, 7) is 1.70. The maximum absolute atomic E-state index is 11.9. The second kappa shape index (κ2) is 5.49. The maximum atomic E-state index is 11.9. The highest BCUT2D eigenvalue weighted by Crippen LogP contribution is 2.18. The second-order valence-corrected chi connectivity index (χ2v) is 4.08. The number of aromatic amines is 1. The molecule has 94 valence electrons. The van der Waals surface area contributed by atoms with E-state index in [-0.39, 0.29) is 18.4 Å². The summed E-state index contributed by atoms with van der Waals surface area (Å²) < 4.78 is 4.91. The summed E-state index contributed by atoms with van der Waals surface area (Å²) in [5.41, 5.74) is 1.47. The van der Waals surface area contributed by atoms with Crippen LogP contribution in [0.3, 0.4) is 0 Å². The van der Waals surface area contributed by atoms with Gasteiger partial charge in [-0.15, -0.1) is 0 Å². The number of ether oxygens (including phenoxy) is 1. The van der Waals surface area contributed by atoms with Crippen molar-refractivity contribution in [3.05, 3.63) is 36.0 Å². The molecule has 0 saturated carbocycles. The Balaban J connectivity index is 2.07. The molecular weight excluding hydrogens is 230 g/mol. The molecule has 0 aliphatic heterocycles. The number of hydrogen-bond donors (Lipinski definition) is 1. The average molecular weight is 245 g/mol. The summed E-state index contributed by atoms with van der Waals surface area (Å²) in [6.07, 6.45) is 2.72. The van der Waals surface area contributed by atoms with Crippen LogP contribution in [0.2, 0.25) is 0 Å². The highest BCUT2D eigenvalue weighted by molar-refractivity contribution is 6.08. The molecule has 0 bridgehead atoms. The lowest BCUT2D eigenvalue weighted by molar-refractivity contribution is -0.142. The summed E-state index contributed by atoms with van der Waals surface area (Å²) in [7, 11) is 0. The molecule has 1 aromatic carbocycles. The molecule has 4 heteroatoms. The van der Waals surface area contributed by atoms with E-state index in [9.17, 15) is 9.59 Å². The van der Waals surface area contributed by atoms with Gasteiger partial charge in [0.2, 0.25) is 5.78 Å². The summed E-state index contributed by atoms with van der Waals surface area (Å²) in [5.74, 6) is -0.511. The molecule has 1 aromatic heterocycles. The van der Waals surface area contributed by atoms with Crippen molar-refractivity contribution in [1.29, 1.82) is 0 Å². The number of aromatic nitrogens is 1. The van der Waals surface area contributed by atoms with E-state index in [0.717, 1.165) is 17.3 Å². The zero-order valence-corrected chi connectivity index (χ0v) is 10.2. The van der Waals surface area contributed by atoms with Crippen molar-refractivity contribution < 1.29 is 14.3 Å². The van der Waals surface area contributed by atoms with E-state index in [1.54, 1.807) is 6.20 Å². The van der Waals surface area contributed by atoms with E-state index in [2.05, 4.69) is 4.98 Å². The van der Waals surface area contributed by atoms with Crippen LogP contribution < -0.4 is 0 Å². The van der Waals surface area contributed by atoms with Crippen LogP contribution in [0.15, 0.2) is 30.5 Å². The molecule has 0 amide bonds. The van der Waals surface area contributed by atoms with Gasteiger partial charge in [-0.3, -0.25) is 9.59 Å². The van der Waals surface area contributed by atoms with E-state index in [1.165, 1.54) is 0 Å². The molecule has 0 fully saturated rings. The number of ketones is 1. The predicted molar refractivity (Wildman–Crippen MR) is 68.5 cm³/mol. The van der Waals surface area contributed by atoms with Gasteiger partial charge in [0, 0.05) is 29.1 Å². The summed E-state index contributed by atoms with van der Waals surface area (Å²) >= 11 is 0. The van der Waals surface area contributed by atoms with Gasteiger partial charge in [0.1, 0.15) is 0 Å². The Morgan fingerprint density at radius 3 is 2.83 bits per heavy atom. The van der Waals surface area contributed by atoms with Crippen LogP contribution in [0.1, 0.15) is 30.1 Å². The van der Waals surface area contributed by atoms with Crippen LogP contribution in [0.4, 0.5) is 0 Å². The molecule has 0 aliphatic carbocycles. The third-order valence-electron chi connectivity index (χ3n) is 2.71. The Bertz CT molecular complexity index is 571. The average Bonchev–Trinajstić information content (AvgIpc) is 2.80. The highest BCUT2D eigenvalue weighted by Gasteiger charge is 2.13. The number of H-pyrrole nitrogens is 1. The molecule has 0 radical (unpaired) electrons. The lowest BCUT2D eigenvalue weighted by atomic mass is 10.1. The zero-order valence-electron chi connectivity index (χ0n) is 10.2. The van der Waals surface area contributed by atoms with Gasteiger partial charge < -0.3 is 9.72 Å². The second-order valence-electron chi connectivity index (χ2n) is 4.08. The minimum Gasteiger partial charge on any atom is -0.457 e. The number of nitrogens with one attached hydrogen (secondary N) is 1. The molecule has 1 heterocycles. The zero-order chi connectivity index (χ0) is 13.0. The highest BCUT2D eigenvalue weighted by atomic mass is 16.5. The molecule has 0 unspecified atom stereocenters. The summed E-state index contributed by atoms with van der Waals surface area (Å²) in [6, 6.07) is 7.53. The monoisotopic (exact) mass is 245 g/mol. The number of hydrogen-bond acceptors (Lipinski definition) is 3. The molecule has 0 atom stereocenters. The molecule has 18 heavy (non-hydrogen) atoms. The normalized spacial score (nSPS) is 10.5. The lowest BCUT2D eigenvalue weighted by Gasteiger charge is -2.02. The lowest BCUT2D eigenvalue weighted by Crippen LogP contribution is -2.13. The first-order chi connectivity index (χ1) is 8.72. The van der Waals surface area contributed by atoms with Gasteiger partial charge in [-0.2, -0.15) is 0 Å².